The van der Waals surface area contributed by atoms with Gasteiger partial charge in [-0.05, 0) is 32.1 Å². The van der Waals surface area contributed by atoms with Crippen molar-refractivity contribution in [1.29, 1.82) is 0 Å². The van der Waals surface area contributed by atoms with Crippen LogP contribution in [0.25, 0.3) is 0 Å². The van der Waals surface area contributed by atoms with Crippen LogP contribution in [0.2, 0.25) is 0 Å². The highest BCUT2D eigenvalue weighted by Crippen LogP contribution is 2.40. The summed E-state index contributed by atoms with van der Waals surface area (Å²) in [6.45, 7) is 4.32. The molecule has 5 nitrogen and oxygen atoms in total. The van der Waals surface area contributed by atoms with Crippen molar-refractivity contribution in [3.8, 4) is 0 Å². The normalized spacial score (nSPS) is 30.8. The molecule has 1 saturated carbocycles. The van der Waals surface area contributed by atoms with Gasteiger partial charge in [0.1, 0.15) is 0 Å². The van der Waals surface area contributed by atoms with Crippen LogP contribution in [-0.2, 0) is 14.3 Å². The second-order valence-corrected chi connectivity index (χ2v) is 5.54. The van der Waals surface area contributed by atoms with Gasteiger partial charge in [0.2, 0.25) is 5.91 Å². The summed E-state index contributed by atoms with van der Waals surface area (Å²) in [6, 6.07) is 0. The van der Waals surface area contributed by atoms with Gasteiger partial charge in [0.25, 0.3) is 0 Å². The van der Waals surface area contributed by atoms with Crippen molar-refractivity contribution < 1.29 is 19.4 Å². The molecule has 19 heavy (non-hydrogen) atoms. The first-order valence-electron chi connectivity index (χ1n) is 7.26. The van der Waals surface area contributed by atoms with Gasteiger partial charge in [-0.15, -0.1) is 0 Å². The van der Waals surface area contributed by atoms with Crippen LogP contribution in [0.15, 0.2) is 0 Å². The summed E-state index contributed by atoms with van der Waals surface area (Å²) in [6.07, 6.45) is 4.60. The van der Waals surface area contributed by atoms with Gasteiger partial charge in [0.15, 0.2) is 0 Å². The number of hydrogen-bond acceptors (Lipinski definition) is 3. The van der Waals surface area contributed by atoms with E-state index in [-0.39, 0.29) is 17.9 Å². The third-order valence-corrected chi connectivity index (χ3v) is 3.97. The first-order chi connectivity index (χ1) is 9.13. The minimum atomic E-state index is -0.836. The maximum Gasteiger partial charge on any atom is 0.307 e. The first kappa shape index (κ1) is 14.3. The van der Waals surface area contributed by atoms with E-state index in [9.17, 15) is 9.59 Å². The van der Waals surface area contributed by atoms with Crippen LogP contribution in [0.1, 0.15) is 39.0 Å². The van der Waals surface area contributed by atoms with Gasteiger partial charge in [-0.1, -0.05) is 6.92 Å². The summed E-state index contributed by atoms with van der Waals surface area (Å²) in [5, 5.41) is 8.87. The lowest BCUT2D eigenvalue weighted by molar-refractivity contribution is -0.142. The predicted molar refractivity (Wildman–Crippen MR) is 69.7 cm³/mol. The first-order valence-corrected chi connectivity index (χ1v) is 7.26. The molecule has 1 aliphatic carbocycles. The zero-order valence-electron chi connectivity index (χ0n) is 11.5. The molecule has 108 valence electrons. The number of carboxylic acid groups (broad SMARTS) is 1. The Labute approximate surface area is 113 Å². The van der Waals surface area contributed by atoms with E-state index in [4.69, 9.17) is 9.84 Å². The van der Waals surface area contributed by atoms with E-state index in [1.165, 1.54) is 0 Å². The Morgan fingerprint density at radius 2 is 2.05 bits per heavy atom. The van der Waals surface area contributed by atoms with Crippen molar-refractivity contribution in [3.63, 3.8) is 0 Å². The second-order valence-electron chi connectivity index (χ2n) is 5.54. The van der Waals surface area contributed by atoms with Crippen LogP contribution in [-0.4, -0.2) is 47.7 Å². The van der Waals surface area contributed by atoms with Gasteiger partial charge in [-0.3, -0.25) is 9.59 Å². The van der Waals surface area contributed by atoms with E-state index in [0.29, 0.717) is 13.0 Å². The molecule has 5 heteroatoms. The van der Waals surface area contributed by atoms with Crippen molar-refractivity contribution >= 4 is 11.9 Å². The average Bonchev–Trinajstić information content (AvgIpc) is 3.19. The summed E-state index contributed by atoms with van der Waals surface area (Å²) in [5.74, 6) is -1.52. The molecule has 0 aromatic rings. The van der Waals surface area contributed by atoms with Crippen molar-refractivity contribution in [3.05, 3.63) is 0 Å². The molecule has 1 amide bonds. The summed E-state index contributed by atoms with van der Waals surface area (Å²) in [4.78, 5) is 24.8. The number of hydrogen-bond donors (Lipinski definition) is 1. The summed E-state index contributed by atoms with van der Waals surface area (Å²) in [5.41, 5.74) is 0. The van der Waals surface area contributed by atoms with Crippen molar-refractivity contribution in [2.45, 2.75) is 45.1 Å². The quantitative estimate of drug-likeness (QED) is 0.821. The SMILES string of the molecule is CCCO[C@@H]1CCCN(C(=O)[C@@H]2C[C@@H]2C(=O)O)CC1. The van der Waals surface area contributed by atoms with E-state index in [1.807, 2.05) is 4.90 Å². The van der Waals surface area contributed by atoms with Gasteiger partial charge in [0, 0.05) is 19.7 Å². The molecular weight excluding hydrogens is 246 g/mol. The molecule has 0 aromatic carbocycles. The number of ether oxygens (including phenoxy) is 1. The molecule has 3 atom stereocenters. The molecule has 0 unspecified atom stereocenters. The molecule has 1 saturated heterocycles. The minimum absolute atomic E-state index is 0.0311. The van der Waals surface area contributed by atoms with Gasteiger partial charge in [-0.25, -0.2) is 0 Å². The Morgan fingerprint density at radius 1 is 1.26 bits per heavy atom. The number of carbonyl (C=O) groups is 2. The highest BCUT2D eigenvalue weighted by atomic mass is 16.5. The Balaban J connectivity index is 1.79. The molecule has 0 bridgehead atoms. The van der Waals surface area contributed by atoms with Crippen LogP contribution in [0.4, 0.5) is 0 Å². The van der Waals surface area contributed by atoms with E-state index >= 15 is 0 Å². The largest absolute Gasteiger partial charge is 0.481 e. The number of aliphatic carboxylic acids is 1. The Hall–Kier alpha value is -1.10. The summed E-state index contributed by atoms with van der Waals surface area (Å²) >= 11 is 0. The Kier molecular flexibility index (Phi) is 4.80. The third kappa shape index (κ3) is 3.69. The maximum absolute atomic E-state index is 12.2. The van der Waals surface area contributed by atoms with Gasteiger partial charge >= 0.3 is 5.97 Å². The maximum atomic E-state index is 12.2. The van der Waals surface area contributed by atoms with Gasteiger partial charge in [-0.2, -0.15) is 0 Å². The zero-order valence-corrected chi connectivity index (χ0v) is 11.5. The highest BCUT2D eigenvalue weighted by Gasteiger charge is 2.49. The van der Waals surface area contributed by atoms with Crippen LogP contribution in [0.5, 0.6) is 0 Å². The smallest absolute Gasteiger partial charge is 0.307 e. The summed E-state index contributed by atoms with van der Waals surface area (Å²) in [7, 11) is 0. The number of carboxylic acids is 1. The highest BCUT2D eigenvalue weighted by molar-refractivity contribution is 5.89. The number of carbonyl (C=O) groups excluding carboxylic acids is 1. The molecule has 1 aliphatic heterocycles. The van der Waals surface area contributed by atoms with E-state index in [1.54, 1.807) is 0 Å². The molecule has 0 aromatic heterocycles. The fourth-order valence-corrected chi connectivity index (χ4v) is 2.71. The molecule has 0 radical (unpaired) electrons. The van der Waals surface area contributed by atoms with E-state index in [2.05, 4.69) is 6.92 Å². The van der Waals surface area contributed by atoms with Crippen LogP contribution in [0, 0.1) is 11.8 Å². The monoisotopic (exact) mass is 269 g/mol. The topological polar surface area (TPSA) is 66.8 Å². The minimum Gasteiger partial charge on any atom is -0.481 e. The molecule has 2 rings (SSSR count). The van der Waals surface area contributed by atoms with Crippen molar-refractivity contribution in [1.82, 2.24) is 4.90 Å². The van der Waals surface area contributed by atoms with Crippen molar-refractivity contribution in [2.75, 3.05) is 19.7 Å². The molecule has 1 N–H and O–H groups in total. The predicted octanol–water partition coefficient (Wildman–Crippen LogP) is 1.51. The molecular formula is C14H23NO4. The lowest BCUT2D eigenvalue weighted by atomic mass is 10.2. The lowest BCUT2D eigenvalue weighted by Crippen LogP contribution is -2.34. The Bertz CT molecular complexity index is 344. The van der Waals surface area contributed by atoms with Crippen LogP contribution < -0.4 is 0 Å². The standard InChI is InChI=1S/C14H23NO4/c1-2-8-19-10-4-3-6-15(7-5-10)13(16)11-9-12(11)14(17)18/h10-12H,2-9H2,1H3,(H,17,18)/t10-,11-,12+/m1/s1. The van der Waals surface area contributed by atoms with Crippen LogP contribution in [0.3, 0.4) is 0 Å². The number of rotatable bonds is 5. The fourth-order valence-electron chi connectivity index (χ4n) is 2.71. The average molecular weight is 269 g/mol. The van der Waals surface area contributed by atoms with E-state index < -0.39 is 11.9 Å². The molecule has 1 heterocycles. The van der Waals surface area contributed by atoms with Gasteiger partial charge < -0.3 is 14.7 Å². The second kappa shape index (κ2) is 6.37. The molecule has 2 aliphatic rings. The molecule has 2 fully saturated rings. The third-order valence-electron chi connectivity index (χ3n) is 3.97. The summed E-state index contributed by atoms with van der Waals surface area (Å²) < 4.78 is 5.74. The zero-order chi connectivity index (χ0) is 13.8. The van der Waals surface area contributed by atoms with Crippen LogP contribution >= 0.6 is 0 Å². The number of nitrogens with zero attached hydrogens (tertiary/aromatic N) is 1. The number of likely N-dealkylation sites (tertiary alicyclic amines) is 1. The fraction of sp³-hybridized carbons (Fsp3) is 0.857. The lowest BCUT2D eigenvalue weighted by Gasteiger charge is -2.20. The number of amides is 1. The van der Waals surface area contributed by atoms with Gasteiger partial charge in [0.05, 0.1) is 17.9 Å². The Morgan fingerprint density at radius 3 is 2.68 bits per heavy atom. The van der Waals surface area contributed by atoms with Crippen molar-refractivity contribution in [2.24, 2.45) is 11.8 Å². The molecule has 0 spiro atoms. The van der Waals surface area contributed by atoms with E-state index in [0.717, 1.165) is 38.8 Å².